The zero-order valence-corrected chi connectivity index (χ0v) is 17.9. The first kappa shape index (κ1) is 21.3. The third-order valence-corrected chi connectivity index (χ3v) is 7.02. The summed E-state index contributed by atoms with van der Waals surface area (Å²) >= 11 is 0. The molecular formula is C21H27N3O4S. The van der Waals surface area contributed by atoms with Gasteiger partial charge in [-0.1, -0.05) is 24.3 Å². The minimum atomic E-state index is -3.62. The Morgan fingerprint density at radius 1 is 1.07 bits per heavy atom. The molecule has 0 bridgehead atoms. The highest BCUT2D eigenvalue weighted by molar-refractivity contribution is 7.89. The molecule has 2 aromatic rings. The molecule has 0 saturated carbocycles. The molecule has 0 radical (unpaired) electrons. The molecule has 0 unspecified atom stereocenters. The molecule has 3 rings (SSSR count). The fraction of sp³-hybridized carbons (Fsp3) is 0.381. The predicted octanol–water partition coefficient (Wildman–Crippen LogP) is 1.90. The molecule has 7 nitrogen and oxygen atoms in total. The summed E-state index contributed by atoms with van der Waals surface area (Å²) in [4.78, 5) is 16.7. The van der Waals surface area contributed by atoms with Gasteiger partial charge in [-0.3, -0.25) is 4.79 Å². The molecular weight excluding hydrogens is 390 g/mol. The third kappa shape index (κ3) is 4.77. The van der Waals surface area contributed by atoms with Crippen LogP contribution in [-0.4, -0.2) is 75.8 Å². The Morgan fingerprint density at radius 3 is 2.45 bits per heavy atom. The molecule has 0 atom stereocenters. The van der Waals surface area contributed by atoms with Gasteiger partial charge in [-0.15, -0.1) is 0 Å². The van der Waals surface area contributed by atoms with Crippen molar-refractivity contribution in [2.75, 3.05) is 47.4 Å². The first-order valence-corrected chi connectivity index (χ1v) is 10.9. The number of amides is 1. The highest BCUT2D eigenvalue weighted by Crippen LogP contribution is 2.22. The van der Waals surface area contributed by atoms with Gasteiger partial charge in [0.15, 0.2) is 0 Å². The number of benzene rings is 2. The normalized spacial score (nSPS) is 15.8. The lowest BCUT2D eigenvalue weighted by Gasteiger charge is -2.31. The topological polar surface area (TPSA) is 70.2 Å². The van der Waals surface area contributed by atoms with Crippen LogP contribution in [0, 0.1) is 0 Å². The SMILES string of the molecule is COc1ccccc1CN(C)C(=O)c1cccc(S(=O)(=O)N2CCN(C)CC2)c1. The Hall–Kier alpha value is -2.42. The average molecular weight is 418 g/mol. The van der Waals surface area contributed by atoms with E-state index in [1.54, 1.807) is 37.3 Å². The summed E-state index contributed by atoms with van der Waals surface area (Å²) in [5.74, 6) is 0.463. The van der Waals surface area contributed by atoms with E-state index in [1.807, 2.05) is 31.3 Å². The standard InChI is InChI=1S/C21H27N3O4S/c1-22-11-13-24(14-12-22)29(26,27)19-9-6-8-17(15-19)21(25)23(2)16-18-7-4-5-10-20(18)28-3/h4-10,15H,11-14,16H2,1-3H3. The lowest BCUT2D eigenvalue weighted by molar-refractivity contribution is 0.0784. The van der Waals surface area contributed by atoms with Crippen molar-refractivity contribution in [1.29, 1.82) is 0 Å². The van der Waals surface area contributed by atoms with Gasteiger partial charge in [0.2, 0.25) is 10.0 Å². The number of hydrogen-bond donors (Lipinski definition) is 0. The summed E-state index contributed by atoms with van der Waals surface area (Å²) in [6.45, 7) is 2.65. The Balaban J connectivity index is 1.78. The lowest BCUT2D eigenvalue weighted by atomic mass is 10.1. The molecule has 0 aliphatic carbocycles. The van der Waals surface area contributed by atoms with Crippen LogP contribution >= 0.6 is 0 Å². The fourth-order valence-corrected chi connectivity index (χ4v) is 4.82. The Bertz CT molecular complexity index is 969. The van der Waals surface area contributed by atoms with E-state index in [0.717, 1.165) is 5.56 Å². The second-order valence-electron chi connectivity index (χ2n) is 7.21. The van der Waals surface area contributed by atoms with Gasteiger partial charge < -0.3 is 14.5 Å². The third-order valence-electron chi connectivity index (χ3n) is 5.13. The van der Waals surface area contributed by atoms with Crippen LogP contribution in [0.2, 0.25) is 0 Å². The van der Waals surface area contributed by atoms with Gasteiger partial charge in [-0.05, 0) is 31.3 Å². The van der Waals surface area contributed by atoms with Gasteiger partial charge in [-0.2, -0.15) is 4.31 Å². The van der Waals surface area contributed by atoms with Gasteiger partial charge in [0.25, 0.3) is 5.91 Å². The van der Waals surface area contributed by atoms with E-state index in [4.69, 9.17) is 4.74 Å². The number of carbonyl (C=O) groups is 1. The summed E-state index contributed by atoms with van der Waals surface area (Å²) in [7, 11) is 1.63. The van der Waals surface area contributed by atoms with E-state index in [-0.39, 0.29) is 10.8 Å². The molecule has 0 N–H and O–H groups in total. The fourth-order valence-electron chi connectivity index (χ4n) is 3.35. The van der Waals surface area contributed by atoms with Gasteiger partial charge in [0.1, 0.15) is 5.75 Å². The molecule has 29 heavy (non-hydrogen) atoms. The Labute approximate surface area is 172 Å². The molecule has 1 saturated heterocycles. The molecule has 1 aliphatic heterocycles. The van der Waals surface area contributed by atoms with E-state index in [9.17, 15) is 13.2 Å². The minimum absolute atomic E-state index is 0.151. The molecule has 0 spiro atoms. The lowest BCUT2D eigenvalue weighted by Crippen LogP contribution is -2.47. The number of para-hydroxylation sites is 1. The van der Waals surface area contributed by atoms with Crippen molar-refractivity contribution in [3.63, 3.8) is 0 Å². The molecule has 1 aliphatic rings. The van der Waals surface area contributed by atoms with Crippen molar-refractivity contribution in [2.24, 2.45) is 0 Å². The van der Waals surface area contributed by atoms with Gasteiger partial charge in [0, 0.05) is 50.9 Å². The summed E-state index contributed by atoms with van der Waals surface area (Å²) in [6.07, 6.45) is 0. The molecule has 1 fully saturated rings. The monoisotopic (exact) mass is 417 g/mol. The van der Waals surface area contributed by atoms with Crippen LogP contribution in [0.1, 0.15) is 15.9 Å². The van der Waals surface area contributed by atoms with Gasteiger partial charge in [-0.25, -0.2) is 8.42 Å². The molecule has 156 valence electrons. The van der Waals surface area contributed by atoms with Crippen molar-refractivity contribution in [2.45, 2.75) is 11.4 Å². The van der Waals surface area contributed by atoms with Crippen LogP contribution in [0.15, 0.2) is 53.4 Å². The first-order chi connectivity index (χ1) is 13.8. The number of sulfonamides is 1. The number of likely N-dealkylation sites (N-methyl/N-ethyl adjacent to an activating group) is 1. The van der Waals surface area contributed by atoms with Gasteiger partial charge in [0.05, 0.1) is 12.0 Å². The second kappa shape index (κ2) is 8.94. The highest BCUT2D eigenvalue weighted by atomic mass is 32.2. The second-order valence-corrected chi connectivity index (χ2v) is 9.15. The summed E-state index contributed by atoms with van der Waals surface area (Å²) in [6, 6.07) is 13.8. The van der Waals surface area contributed by atoms with E-state index >= 15 is 0 Å². The Morgan fingerprint density at radius 2 is 1.76 bits per heavy atom. The first-order valence-electron chi connectivity index (χ1n) is 9.49. The maximum absolute atomic E-state index is 13.0. The molecule has 8 heteroatoms. The number of piperazine rings is 1. The van der Waals surface area contributed by atoms with Crippen LogP contribution in [0.4, 0.5) is 0 Å². The smallest absolute Gasteiger partial charge is 0.253 e. The van der Waals surface area contributed by atoms with Gasteiger partial charge >= 0.3 is 0 Å². The average Bonchev–Trinajstić information content (AvgIpc) is 2.74. The van der Waals surface area contributed by atoms with E-state index < -0.39 is 10.0 Å². The van der Waals surface area contributed by atoms with E-state index in [1.165, 1.54) is 10.4 Å². The quantitative estimate of drug-likeness (QED) is 0.718. The molecule has 1 amide bonds. The highest BCUT2D eigenvalue weighted by Gasteiger charge is 2.28. The van der Waals surface area contributed by atoms with Crippen LogP contribution in [0.3, 0.4) is 0 Å². The predicted molar refractivity (Wildman–Crippen MR) is 111 cm³/mol. The van der Waals surface area contributed by atoms with Crippen molar-refractivity contribution in [3.8, 4) is 5.75 Å². The summed E-state index contributed by atoms with van der Waals surface area (Å²) in [5.41, 5.74) is 1.23. The van der Waals surface area contributed by atoms with E-state index in [2.05, 4.69) is 4.90 Å². The molecule has 2 aromatic carbocycles. The maximum Gasteiger partial charge on any atom is 0.253 e. The van der Waals surface area contributed by atoms with Crippen molar-refractivity contribution in [1.82, 2.24) is 14.1 Å². The maximum atomic E-state index is 13.0. The summed E-state index contributed by atoms with van der Waals surface area (Å²) < 4.78 is 32.8. The largest absolute Gasteiger partial charge is 0.496 e. The van der Waals surface area contributed by atoms with E-state index in [0.29, 0.717) is 44.0 Å². The van der Waals surface area contributed by atoms with Crippen LogP contribution < -0.4 is 4.74 Å². The zero-order chi connectivity index (χ0) is 21.0. The van der Waals surface area contributed by atoms with Crippen LogP contribution in [-0.2, 0) is 16.6 Å². The number of hydrogen-bond acceptors (Lipinski definition) is 5. The van der Waals surface area contributed by atoms with Crippen molar-refractivity contribution >= 4 is 15.9 Å². The van der Waals surface area contributed by atoms with Crippen molar-refractivity contribution < 1.29 is 17.9 Å². The number of methoxy groups -OCH3 is 1. The molecule has 0 aromatic heterocycles. The van der Waals surface area contributed by atoms with Crippen molar-refractivity contribution in [3.05, 3.63) is 59.7 Å². The number of carbonyl (C=O) groups excluding carboxylic acids is 1. The number of nitrogens with zero attached hydrogens (tertiary/aromatic N) is 3. The summed E-state index contributed by atoms with van der Waals surface area (Å²) in [5, 5.41) is 0. The zero-order valence-electron chi connectivity index (χ0n) is 17.0. The van der Waals surface area contributed by atoms with Crippen LogP contribution in [0.5, 0.6) is 5.75 Å². The van der Waals surface area contributed by atoms with Crippen LogP contribution in [0.25, 0.3) is 0 Å². The Kier molecular flexibility index (Phi) is 6.56. The number of rotatable bonds is 6. The molecule has 1 heterocycles. The number of ether oxygens (including phenoxy) is 1. The minimum Gasteiger partial charge on any atom is -0.496 e.